The standard InChI is InChI=1S/C11H10Br4O/c1-5(11(15)6(2)16)10-8(13)3-7(12)4-9(10)14/h3-5,11H,1-2H3. The highest BCUT2D eigenvalue weighted by Gasteiger charge is 2.24. The van der Waals surface area contributed by atoms with Crippen molar-refractivity contribution in [1.29, 1.82) is 0 Å². The second-order valence-electron chi connectivity index (χ2n) is 3.58. The van der Waals surface area contributed by atoms with E-state index in [0.29, 0.717) is 0 Å². The molecule has 0 bridgehead atoms. The summed E-state index contributed by atoms with van der Waals surface area (Å²) >= 11 is 13.9. The number of Topliss-reactive ketones (excluding diaryl/α,β-unsaturated/α-hetero) is 1. The van der Waals surface area contributed by atoms with E-state index in [1.165, 1.54) is 0 Å². The van der Waals surface area contributed by atoms with Crippen LogP contribution in [0.25, 0.3) is 0 Å². The number of carbonyl (C=O) groups is 1. The summed E-state index contributed by atoms with van der Waals surface area (Å²) in [7, 11) is 0. The molecular weight excluding hydrogens is 468 g/mol. The molecule has 0 fully saturated rings. The van der Waals surface area contributed by atoms with E-state index in [1.807, 2.05) is 19.1 Å². The minimum atomic E-state index is -0.165. The normalized spacial score (nSPS) is 14.6. The minimum Gasteiger partial charge on any atom is -0.299 e. The van der Waals surface area contributed by atoms with Crippen molar-refractivity contribution in [3.63, 3.8) is 0 Å². The number of rotatable bonds is 3. The summed E-state index contributed by atoms with van der Waals surface area (Å²) < 4.78 is 2.98. The summed E-state index contributed by atoms with van der Waals surface area (Å²) in [5, 5.41) is 0. The third kappa shape index (κ3) is 3.40. The van der Waals surface area contributed by atoms with Crippen LogP contribution in [0.3, 0.4) is 0 Å². The number of ketones is 1. The lowest BCUT2D eigenvalue weighted by molar-refractivity contribution is -0.116. The zero-order valence-electron chi connectivity index (χ0n) is 8.73. The molecule has 16 heavy (non-hydrogen) atoms. The van der Waals surface area contributed by atoms with Crippen molar-refractivity contribution in [2.45, 2.75) is 24.6 Å². The van der Waals surface area contributed by atoms with Crippen LogP contribution < -0.4 is 0 Å². The van der Waals surface area contributed by atoms with E-state index in [9.17, 15) is 4.79 Å². The largest absolute Gasteiger partial charge is 0.299 e. The average molecular weight is 478 g/mol. The Morgan fingerprint density at radius 3 is 2.00 bits per heavy atom. The van der Waals surface area contributed by atoms with E-state index in [0.717, 1.165) is 19.0 Å². The summed E-state index contributed by atoms with van der Waals surface area (Å²) in [5.41, 5.74) is 1.10. The Kier molecular flexibility index (Phi) is 5.68. The van der Waals surface area contributed by atoms with E-state index < -0.39 is 0 Å². The zero-order valence-corrected chi connectivity index (χ0v) is 15.1. The summed E-state index contributed by atoms with van der Waals surface area (Å²) in [6.07, 6.45) is 0. The molecule has 0 aliphatic heterocycles. The summed E-state index contributed by atoms with van der Waals surface area (Å²) in [5.74, 6) is 0.239. The average Bonchev–Trinajstić information content (AvgIpc) is 2.14. The van der Waals surface area contributed by atoms with Crippen LogP contribution in [-0.4, -0.2) is 10.6 Å². The predicted octanol–water partition coefficient (Wildman–Crippen LogP) is 5.43. The van der Waals surface area contributed by atoms with Gasteiger partial charge >= 0.3 is 0 Å². The summed E-state index contributed by atoms with van der Waals surface area (Å²) in [6.45, 7) is 3.62. The number of carbonyl (C=O) groups excluding carboxylic acids is 1. The van der Waals surface area contributed by atoms with Gasteiger partial charge in [0.15, 0.2) is 0 Å². The highest BCUT2D eigenvalue weighted by Crippen LogP contribution is 2.38. The number of benzene rings is 1. The van der Waals surface area contributed by atoms with Gasteiger partial charge in [0.05, 0.1) is 4.83 Å². The quantitative estimate of drug-likeness (QED) is 0.531. The molecule has 2 unspecified atom stereocenters. The molecule has 0 spiro atoms. The van der Waals surface area contributed by atoms with Gasteiger partial charge in [-0.15, -0.1) is 0 Å². The second kappa shape index (κ2) is 6.12. The molecule has 0 N–H and O–H groups in total. The van der Waals surface area contributed by atoms with Gasteiger partial charge in [0.2, 0.25) is 0 Å². The molecule has 0 aliphatic carbocycles. The van der Waals surface area contributed by atoms with Crippen molar-refractivity contribution in [2.75, 3.05) is 0 Å². The van der Waals surface area contributed by atoms with Gasteiger partial charge in [-0.2, -0.15) is 0 Å². The topological polar surface area (TPSA) is 17.1 Å². The van der Waals surface area contributed by atoms with E-state index in [2.05, 4.69) is 63.7 Å². The molecule has 5 heteroatoms. The van der Waals surface area contributed by atoms with Gasteiger partial charge in [-0.25, -0.2) is 0 Å². The van der Waals surface area contributed by atoms with Gasteiger partial charge < -0.3 is 0 Å². The fourth-order valence-electron chi connectivity index (χ4n) is 1.49. The number of halogens is 4. The molecule has 0 amide bonds. The first kappa shape index (κ1) is 14.9. The monoisotopic (exact) mass is 474 g/mol. The molecule has 0 radical (unpaired) electrons. The van der Waals surface area contributed by atoms with Crippen LogP contribution in [0, 0.1) is 0 Å². The highest BCUT2D eigenvalue weighted by atomic mass is 79.9. The van der Waals surface area contributed by atoms with Crippen molar-refractivity contribution in [3.8, 4) is 0 Å². The second-order valence-corrected chi connectivity index (χ2v) is 7.20. The lowest BCUT2D eigenvalue weighted by Gasteiger charge is -2.19. The van der Waals surface area contributed by atoms with Crippen molar-refractivity contribution in [1.82, 2.24) is 0 Å². The van der Waals surface area contributed by atoms with Gasteiger partial charge in [-0.3, -0.25) is 4.79 Å². The number of hydrogen-bond donors (Lipinski definition) is 0. The third-order valence-electron chi connectivity index (χ3n) is 2.33. The summed E-state index contributed by atoms with van der Waals surface area (Å²) in [4.78, 5) is 11.2. The Bertz CT molecular complexity index is 393. The Balaban J connectivity index is 3.18. The maximum atomic E-state index is 11.4. The Morgan fingerprint density at radius 1 is 1.19 bits per heavy atom. The Morgan fingerprint density at radius 2 is 1.62 bits per heavy atom. The third-order valence-corrected chi connectivity index (χ3v) is 5.53. The fourth-order valence-corrected chi connectivity index (χ4v) is 4.73. The zero-order chi connectivity index (χ0) is 12.5. The van der Waals surface area contributed by atoms with Gasteiger partial charge in [0, 0.05) is 19.3 Å². The SMILES string of the molecule is CC(=O)C(Br)C(C)c1c(Br)cc(Br)cc1Br. The van der Waals surface area contributed by atoms with Gasteiger partial charge in [-0.05, 0) is 24.6 Å². The van der Waals surface area contributed by atoms with Crippen LogP contribution >= 0.6 is 63.7 Å². The molecule has 2 atom stereocenters. The summed E-state index contributed by atoms with van der Waals surface area (Å²) in [6, 6.07) is 3.97. The van der Waals surface area contributed by atoms with Crippen LogP contribution in [0.2, 0.25) is 0 Å². The van der Waals surface area contributed by atoms with Crippen LogP contribution in [0.4, 0.5) is 0 Å². The number of hydrogen-bond acceptors (Lipinski definition) is 1. The van der Waals surface area contributed by atoms with Gasteiger partial charge in [-0.1, -0.05) is 70.6 Å². The lowest BCUT2D eigenvalue weighted by Crippen LogP contribution is -2.18. The first-order chi connectivity index (χ1) is 7.34. The molecule has 1 rings (SSSR count). The molecule has 0 aromatic heterocycles. The molecule has 88 valence electrons. The van der Waals surface area contributed by atoms with Crippen molar-refractivity contribution in [2.24, 2.45) is 0 Å². The van der Waals surface area contributed by atoms with E-state index in [4.69, 9.17) is 0 Å². The molecule has 1 nitrogen and oxygen atoms in total. The molecule has 0 heterocycles. The molecular formula is C11H10Br4O. The molecule has 0 saturated carbocycles. The Labute approximate surface area is 129 Å². The van der Waals surface area contributed by atoms with E-state index in [1.54, 1.807) is 6.92 Å². The predicted molar refractivity (Wildman–Crippen MR) is 81.4 cm³/mol. The van der Waals surface area contributed by atoms with Crippen LogP contribution in [0.5, 0.6) is 0 Å². The van der Waals surface area contributed by atoms with Crippen molar-refractivity contribution >= 4 is 69.5 Å². The number of alkyl halides is 1. The first-order valence-corrected chi connectivity index (χ1v) is 7.93. The van der Waals surface area contributed by atoms with Gasteiger partial charge in [0.1, 0.15) is 5.78 Å². The maximum absolute atomic E-state index is 11.4. The van der Waals surface area contributed by atoms with Crippen molar-refractivity contribution < 1.29 is 4.79 Å². The minimum absolute atomic E-state index is 0.106. The van der Waals surface area contributed by atoms with E-state index in [-0.39, 0.29) is 16.5 Å². The molecule has 0 saturated heterocycles. The Hall–Kier alpha value is 0.810. The molecule has 0 aliphatic rings. The fraction of sp³-hybridized carbons (Fsp3) is 0.364. The maximum Gasteiger partial charge on any atom is 0.144 e. The van der Waals surface area contributed by atoms with Crippen LogP contribution in [0.15, 0.2) is 25.6 Å². The van der Waals surface area contributed by atoms with Crippen LogP contribution in [-0.2, 0) is 4.79 Å². The van der Waals surface area contributed by atoms with Crippen molar-refractivity contribution in [3.05, 3.63) is 31.1 Å². The lowest BCUT2D eigenvalue weighted by atomic mass is 9.96. The molecule has 1 aromatic rings. The van der Waals surface area contributed by atoms with Crippen LogP contribution in [0.1, 0.15) is 25.3 Å². The first-order valence-electron chi connectivity index (χ1n) is 4.63. The van der Waals surface area contributed by atoms with Gasteiger partial charge in [0.25, 0.3) is 0 Å². The smallest absolute Gasteiger partial charge is 0.144 e. The highest BCUT2D eigenvalue weighted by molar-refractivity contribution is 9.11. The van der Waals surface area contributed by atoms with E-state index >= 15 is 0 Å². The molecule has 1 aromatic carbocycles.